The number of Topliss-reactive ketones (excluding diaryl/α,β-unsaturated/α-hetero) is 1. The van der Waals surface area contributed by atoms with Crippen LogP contribution in [0.2, 0.25) is 0 Å². The van der Waals surface area contributed by atoms with Crippen molar-refractivity contribution in [3.05, 3.63) is 12.7 Å². The lowest BCUT2D eigenvalue weighted by Crippen LogP contribution is -2.12. The normalized spacial score (nSPS) is 8.69. The van der Waals surface area contributed by atoms with E-state index in [1.165, 1.54) is 13.0 Å². The molecule has 0 aliphatic heterocycles. The summed E-state index contributed by atoms with van der Waals surface area (Å²) >= 11 is 0. The van der Waals surface area contributed by atoms with Crippen LogP contribution in [-0.2, 0) is 24.2 Å². The molecule has 13 heavy (non-hydrogen) atoms. The third-order valence-electron chi connectivity index (χ3n) is 0.932. The van der Waals surface area contributed by atoms with E-state index in [2.05, 4.69) is 16.4 Å². The van der Waals surface area contributed by atoms with E-state index < -0.39 is 18.4 Å². The monoisotopic (exact) mass is 186 g/mol. The van der Waals surface area contributed by atoms with Gasteiger partial charge in [-0.1, -0.05) is 6.08 Å². The second kappa shape index (κ2) is 5.93. The summed E-state index contributed by atoms with van der Waals surface area (Å²) in [6.07, 6.45) is 0.857. The second-order valence-corrected chi connectivity index (χ2v) is 2.28. The van der Waals surface area contributed by atoms with Crippen LogP contribution in [0.25, 0.3) is 0 Å². The highest BCUT2D eigenvalue weighted by atomic mass is 17.2. The zero-order valence-corrected chi connectivity index (χ0v) is 7.24. The van der Waals surface area contributed by atoms with E-state index in [0.717, 1.165) is 0 Å². The fourth-order valence-electron chi connectivity index (χ4n) is 0.478. The predicted octanol–water partition coefficient (Wildman–Crippen LogP) is 0.543. The molecule has 0 spiro atoms. The number of ketones is 1. The predicted molar refractivity (Wildman–Crippen MR) is 42.3 cm³/mol. The molecule has 0 atom stereocenters. The van der Waals surface area contributed by atoms with Gasteiger partial charge in [0.1, 0.15) is 12.2 Å². The Morgan fingerprint density at radius 1 is 1.23 bits per heavy atom. The Labute approximate surface area is 75.2 Å². The third-order valence-corrected chi connectivity index (χ3v) is 0.932. The molecule has 0 rings (SSSR count). The summed E-state index contributed by atoms with van der Waals surface area (Å²) in [5.41, 5.74) is 0. The van der Waals surface area contributed by atoms with Gasteiger partial charge in [0.2, 0.25) is 0 Å². The molecule has 0 fully saturated rings. The summed E-state index contributed by atoms with van der Waals surface area (Å²) in [4.78, 5) is 39.6. The Hall–Kier alpha value is -1.65. The summed E-state index contributed by atoms with van der Waals surface area (Å²) in [7, 11) is 0. The van der Waals surface area contributed by atoms with Gasteiger partial charge in [0.05, 0.1) is 6.42 Å². The van der Waals surface area contributed by atoms with E-state index in [1.54, 1.807) is 0 Å². The van der Waals surface area contributed by atoms with Crippen LogP contribution in [0, 0.1) is 0 Å². The summed E-state index contributed by atoms with van der Waals surface area (Å²) in [5.74, 6) is -1.97. The Morgan fingerprint density at radius 3 is 2.23 bits per heavy atom. The lowest BCUT2D eigenvalue weighted by molar-refractivity contribution is -0.258. The minimum atomic E-state index is -0.884. The summed E-state index contributed by atoms with van der Waals surface area (Å²) in [6.45, 7) is 4.51. The lowest BCUT2D eigenvalue weighted by Gasteiger charge is -1.99. The van der Waals surface area contributed by atoms with Gasteiger partial charge >= 0.3 is 11.9 Å². The van der Waals surface area contributed by atoms with Gasteiger partial charge in [0, 0.05) is 0 Å². The van der Waals surface area contributed by atoms with Gasteiger partial charge in [-0.25, -0.2) is 19.4 Å². The minimum absolute atomic E-state index is 0.0483. The molecule has 0 aromatic heterocycles. The molecule has 0 aliphatic carbocycles. The average Bonchev–Trinajstić information content (AvgIpc) is 2.00. The number of rotatable bonds is 4. The third kappa shape index (κ3) is 6.74. The molecule has 0 heterocycles. The number of carbonyl (C=O) groups is 3. The quantitative estimate of drug-likeness (QED) is 0.277. The van der Waals surface area contributed by atoms with Crippen LogP contribution < -0.4 is 0 Å². The van der Waals surface area contributed by atoms with Crippen molar-refractivity contribution >= 4 is 17.7 Å². The highest BCUT2D eigenvalue weighted by Crippen LogP contribution is 1.92. The molecule has 5 nitrogen and oxygen atoms in total. The highest BCUT2D eigenvalue weighted by Gasteiger charge is 2.10. The highest BCUT2D eigenvalue weighted by molar-refractivity contribution is 5.94. The smallest absolute Gasteiger partial charge is 0.299 e. The molecular formula is C8H10O5. The van der Waals surface area contributed by atoms with Crippen molar-refractivity contribution in [3.8, 4) is 0 Å². The standard InChI is InChI=1S/C8H10O5/c1-3-4-7(10)12-13-8(11)5-6(2)9/h3H,1,4-5H2,2H3. The first-order valence-electron chi connectivity index (χ1n) is 3.56. The summed E-state index contributed by atoms with van der Waals surface area (Å²) < 4.78 is 0. The lowest BCUT2D eigenvalue weighted by atomic mass is 10.3. The van der Waals surface area contributed by atoms with Gasteiger partial charge in [-0.05, 0) is 6.92 Å². The van der Waals surface area contributed by atoms with Gasteiger partial charge in [0.25, 0.3) is 0 Å². The van der Waals surface area contributed by atoms with Gasteiger partial charge in [0.15, 0.2) is 0 Å². The number of carbonyl (C=O) groups excluding carboxylic acids is 3. The van der Waals surface area contributed by atoms with Crippen LogP contribution in [0.15, 0.2) is 12.7 Å². The van der Waals surface area contributed by atoms with Gasteiger partial charge in [-0.2, -0.15) is 0 Å². The molecule has 0 bridgehead atoms. The molecule has 72 valence electrons. The van der Waals surface area contributed by atoms with Crippen LogP contribution >= 0.6 is 0 Å². The molecule has 0 saturated carbocycles. The molecule has 0 aromatic rings. The molecule has 5 heteroatoms. The van der Waals surface area contributed by atoms with E-state index in [9.17, 15) is 14.4 Å². The molecule has 0 radical (unpaired) electrons. The Kier molecular flexibility index (Phi) is 5.18. The second-order valence-electron chi connectivity index (χ2n) is 2.28. The van der Waals surface area contributed by atoms with Crippen LogP contribution in [0.5, 0.6) is 0 Å². The van der Waals surface area contributed by atoms with E-state index >= 15 is 0 Å². The summed E-state index contributed by atoms with van der Waals surface area (Å²) in [5, 5.41) is 0. The first-order chi connectivity index (χ1) is 6.06. The minimum Gasteiger partial charge on any atom is -0.299 e. The van der Waals surface area contributed by atoms with Crippen molar-refractivity contribution in [3.63, 3.8) is 0 Å². The zero-order chi connectivity index (χ0) is 10.3. The summed E-state index contributed by atoms with van der Waals surface area (Å²) in [6, 6.07) is 0. The van der Waals surface area contributed by atoms with Crippen molar-refractivity contribution in [2.75, 3.05) is 0 Å². The van der Waals surface area contributed by atoms with Crippen molar-refractivity contribution in [1.82, 2.24) is 0 Å². The van der Waals surface area contributed by atoms with Crippen LogP contribution in [0.1, 0.15) is 19.8 Å². The van der Waals surface area contributed by atoms with E-state index in [-0.39, 0.29) is 12.2 Å². The zero-order valence-electron chi connectivity index (χ0n) is 7.24. The molecule has 0 N–H and O–H groups in total. The number of hydrogen-bond acceptors (Lipinski definition) is 5. The largest absolute Gasteiger partial charge is 0.362 e. The SMILES string of the molecule is C=CCC(=O)OOC(=O)CC(C)=O. The molecule has 0 unspecified atom stereocenters. The van der Waals surface area contributed by atoms with Crippen molar-refractivity contribution < 1.29 is 24.2 Å². The van der Waals surface area contributed by atoms with Crippen LogP contribution in [-0.4, -0.2) is 17.7 Å². The van der Waals surface area contributed by atoms with Crippen LogP contribution in [0.4, 0.5) is 0 Å². The first-order valence-corrected chi connectivity index (χ1v) is 3.56. The van der Waals surface area contributed by atoms with Gasteiger partial charge in [-0.3, -0.25) is 4.79 Å². The van der Waals surface area contributed by atoms with Crippen molar-refractivity contribution in [2.24, 2.45) is 0 Å². The topological polar surface area (TPSA) is 69.7 Å². The van der Waals surface area contributed by atoms with Crippen molar-refractivity contribution in [2.45, 2.75) is 19.8 Å². The molecule has 0 saturated heterocycles. The maximum Gasteiger partial charge on any atom is 0.362 e. The Morgan fingerprint density at radius 2 is 1.77 bits per heavy atom. The average molecular weight is 186 g/mol. The van der Waals surface area contributed by atoms with Gasteiger partial charge < -0.3 is 0 Å². The van der Waals surface area contributed by atoms with E-state index in [4.69, 9.17) is 0 Å². The Bertz CT molecular complexity index is 231. The first kappa shape index (κ1) is 11.4. The maximum absolute atomic E-state index is 10.6. The molecule has 0 aromatic carbocycles. The van der Waals surface area contributed by atoms with Gasteiger partial charge in [-0.15, -0.1) is 6.58 Å². The molecular weight excluding hydrogens is 176 g/mol. The van der Waals surface area contributed by atoms with Crippen molar-refractivity contribution in [1.29, 1.82) is 0 Å². The van der Waals surface area contributed by atoms with Crippen LogP contribution in [0.3, 0.4) is 0 Å². The fourth-order valence-corrected chi connectivity index (χ4v) is 0.478. The Balaban J connectivity index is 3.63. The van der Waals surface area contributed by atoms with E-state index in [0.29, 0.717) is 0 Å². The van der Waals surface area contributed by atoms with E-state index in [1.807, 2.05) is 0 Å². The molecule has 0 amide bonds. The maximum atomic E-state index is 10.6. The number of hydrogen-bond donors (Lipinski definition) is 0. The fraction of sp³-hybridized carbons (Fsp3) is 0.375. The molecule has 0 aliphatic rings.